The van der Waals surface area contributed by atoms with Gasteiger partial charge in [-0.1, -0.05) is 73.9 Å². The van der Waals surface area contributed by atoms with E-state index in [1.165, 1.54) is 12.0 Å². The maximum atomic E-state index is 14.1. The number of halogens is 3. The zero-order valence-electron chi connectivity index (χ0n) is 30.2. The second kappa shape index (κ2) is 21.8. The molecule has 296 valence electrons. The SMILES string of the molecule is COC(=O)[C@H](CCCNC(=N)N)NC(=O)C(NC(=O)C(Cc1ccc(C(=N)N)cc1)C(=O)N(C)Cc1ccccc1)C1CCCCC1.O=C(O)C(F)(F)F. The molecule has 3 rings (SSSR count). The second-order valence-corrected chi connectivity index (χ2v) is 12.8. The number of benzene rings is 2. The summed E-state index contributed by atoms with van der Waals surface area (Å²) in [5, 5.41) is 30.5. The minimum atomic E-state index is -5.08. The molecule has 1 aliphatic rings. The van der Waals surface area contributed by atoms with Crippen molar-refractivity contribution in [1.82, 2.24) is 20.9 Å². The summed E-state index contributed by atoms with van der Waals surface area (Å²) in [6.07, 6.45) is -0.133. The minimum Gasteiger partial charge on any atom is -0.475 e. The number of carboxylic acids is 1. The number of hydrogen-bond donors (Lipinski definition) is 8. The van der Waals surface area contributed by atoms with Crippen LogP contribution >= 0.6 is 0 Å². The fraction of sp³-hybridized carbons (Fsp3) is 0.472. The van der Waals surface area contributed by atoms with E-state index in [1.807, 2.05) is 30.3 Å². The van der Waals surface area contributed by atoms with Crippen LogP contribution in [0.3, 0.4) is 0 Å². The number of ether oxygens (including phenoxy) is 1. The molecule has 0 heterocycles. The smallest absolute Gasteiger partial charge is 0.475 e. The second-order valence-electron chi connectivity index (χ2n) is 12.8. The standard InChI is InChI=1S/C34H48N8O5.C2HF3O2/c1-42(21-23-10-5-3-6-11-23)32(45)26(20-22-15-17-25(18-16-22)29(35)36)30(43)41-28(24-12-7-4-8-13-24)31(44)40-27(33(46)47-2)14-9-19-39-34(37)38;3-2(4,5)1(6)7/h3,5-6,10-11,15-18,24,26-28H,4,7-9,12-14,19-21H2,1-2H3,(H3,35,36)(H,40,44)(H,41,43)(H4,37,38,39);(H,6,7)/t26?,27-,28?;/m0./s1. The lowest BCUT2D eigenvalue weighted by Gasteiger charge is -2.32. The lowest BCUT2D eigenvalue weighted by Crippen LogP contribution is -2.57. The first kappa shape index (κ1) is 44.5. The fourth-order valence-electron chi connectivity index (χ4n) is 5.85. The third-order valence-corrected chi connectivity index (χ3v) is 8.69. The van der Waals surface area contributed by atoms with Crippen molar-refractivity contribution >= 4 is 41.5 Å². The minimum absolute atomic E-state index is 0.0644. The molecule has 15 nitrogen and oxygen atoms in total. The van der Waals surface area contributed by atoms with Gasteiger partial charge in [0.1, 0.15) is 23.8 Å². The van der Waals surface area contributed by atoms with Gasteiger partial charge in [0.25, 0.3) is 0 Å². The lowest BCUT2D eigenvalue weighted by atomic mass is 9.83. The van der Waals surface area contributed by atoms with E-state index in [9.17, 15) is 32.3 Å². The summed E-state index contributed by atoms with van der Waals surface area (Å²) in [5.41, 5.74) is 13.1. The van der Waals surface area contributed by atoms with Crippen molar-refractivity contribution in [2.24, 2.45) is 23.3 Å². The summed E-state index contributed by atoms with van der Waals surface area (Å²) in [5.74, 6) is -6.52. The largest absolute Gasteiger partial charge is 0.490 e. The number of nitrogens with two attached hydrogens (primary N) is 2. The normalized spacial score (nSPS) is 14.5. The Bertz CT molecular complexity index is 1590. The highest BCUT2D eigenvalue weighted by Crippen LogP contribution is 2.27. The molecule has 2 aromatic carbocycles. The van der Waals surface area contributed by atoms with Gasteiger partial charge in [0, 0.05) is 25.7 Å². The van der Waals surface area contributed by atoms with Crippen LogP contribution in [0.15, 0.2) is 54.6 Å². The van der Waals surface area contributed by atoms with Crippen molar-refractivity contribution in [3.8, 4) is 0 Å². The maximum Gasteiger partial charge on any atom is 0.490 e. The van der Waals surface area contributed by atoms with Crippen molar-refractivity contribution in [1.29, 1.82) is 10.8 Å². The third kappa shape index (κ3) is 15.1. The topological polar surface area (TPSA) is 254 Å². The number of carbonyl (C=O) groups excluding carboxylic acids is 4. The highest BCUT2D eigenvalue weighted by molar-refractivity contribution is 6.02. The molecule has 0 saturated heterocycles. The Morgan fingerprint density at radius 1 is 0.926 bits per heavy atom. The summed E-state index contributed by atoms with van der Waals surface area (Å²) < 4.78 is 36.7. The van der Waals surface area contributed by atoms with Gasteiger partial charge in [0.05, 0.1) is 7.11 Å². The molecule has 18 heteroatoms. The van der Waals surface area contributed by atoms with Gasteiger partial charge in [-0.2, -0.15) is 13.2 Å². The molecular weight excluding hydrogens is 713 g/mol. The van der Waals surface area contributed by atoms with Crippen LogP contribution in [-0.2, 0) is 41.7 Å². The molecule has 0 radical (unpaired) electrons. The molecule has 1 aliphatic carbocycles. The number of carbonyl (C=O) groups is 5. The van der Waals surface area contributed by atoms with E-state index in [-0.39, 0.29) is 30.6 Å². The van der Waals surface area contributed by atoms with Crippen LogP contribution in [0, 0.1) is 22.7 Å². The molecule has 1 saturated carbocycles. The molecule has 2 aromatic rings. The molecule has 0 spiro atoms. The first-order chi connectivity index (χ1) is 25.4. The monoisotopic (exact) mass is 762 g/mol. The van der Waals surface area contributed by atoms with Gasteiger partial charge < -0.3 is 42.2 Å². The van der Waals surface area contributed by atoms with Crippen LogP contribution in [0.2, 0.25) is 0 Å². The molecule has 0 aromatic heterocycles. The van der Waals surface area contributed by atoms with Crippen LogP contribution in [0.25, 0.3) is 0 Å². The summed E-state index contributed by atoms with van der Waals surface area (Å²) >= 11 is 0. The molecule has 0 bridgehead atoms. The number of methoxy groups -OCH3 is 1. The number of alkyl halides is 3. The molecule has 3 atom stereocenters. The van der Waals surface area contributed by atoms with E-state index in [2.05, 4.69) is 16.0 Å². The number of nitrogens with one attached hydrogen (secondary N) is 5. The Labute approximate surface area is 311 Å². The highest BCUT2D eigenvalue weighted by Gasteiger charge is 2.39. The molecule has 2 unspecified atom stereocenters. The van der Waals surface area contributed by atoms with Crippen molar-refractivity contribution in [2.75, 3.05) is 20.7 Å². The lowest BCUT2D eigenvalue weighted by molar-refractivity contribution is -0.192. The van der Waals surface area contributed by atoms with Gasteiger partial charge in [-0.15, -0.1) is 0 Å². The van der Waals surface area contributed by atoms with Crippen molar-refractivity contribution < 1.29 is 47.0 Å². The number of nitrogen functional groups attached to an aromatic ring is 1. The zero-order valence-corrected chi connectivity index (χ0v) is 30.2. The van der Waals surface area contributed by atoms with E-state index in [0.717, 1.165) is 24.8 Å². The maximum absolute atomic E-state index is 14.1. The Morgan fingerprint density at radius 3 is 2.04 bits per heavy atom. The number of amidine groups is 1. The van der Waals surface area contributed by atoms with Gasteiger partial charge in [0.15, 0.2) is 5.96 Å². The summed E-state index contributed by atoms with van der Waals surface area (Å²) in [6, 6.07) is 14.3. The van der Waals surface area contributed by atoms with E-state index in [4.69, 9.17) is 36.9 Å². The number of esters is 1. The molecule has 1 fully saturated rings. The molecule has 3 amide bonds. The van der Waals surface area contributed by atoms with E-state index >= 15 is 0 Å². The van der Waals surface area contributed by atoms with Crippen LogP contribution in [0.4, 0.5) is 13.2 Å². The number of guanidine groups is 1. The van der Waals surface area contributed by atoms with Crippen molar-refractivity contribution in [3.63, 3.8) is 0 Å². The van der Waals surface area contributed by atoms with E-state index < -0.39 is 53.8 Å². The van der Waals surface area contributed by atoms with Crippen molar-refractivity contribution in [3.05, 3.63) is 71.3 Å². The third-order valence-electron chi connectivity index (χ3n) is 8.69. The fourth-order valence-corrected chi connectivity index (χ4v) is 5.85. The molecule has 54 heavy (non-hydrogen) atoms. The summed E-state index contributed by atoms with van der Waals surface area (Å²) in [4.78, 5) is 64.9. The first-order valence-corrected chi connectivity index (χ1v) is 17.2. The highest BCUT2D eigenvalue weighted by atomic mass is 19.4. The predicted molar refractivity (Wildman–Crippen MR) is 193 cm³/mol. The number of rotatable bonds is 16. The number of nitrogens with zero attached hydrogens (tertiary/aromatic N) is 1. The number of hydrogen-bond acceptors (Lipinski definition) is 8. The Kier molecular flexibility index (Phi) is 17.9. The van der Waals surface area contributed by atoms with Gasteiger partial charge in [-0.3, -0.25) is 25.2 Å². The van der Waals surface area contributed by atoms with Gasteiger partial charge >= 0.3 is 18.1 Å². The Hall–Kier alpha value is -5.68. The zero-order chi connectivity index (χ0) is 40.4. The van der Waals surface area contributed by atoms with Crippen LogP contribution < -0.4 is 27.4 Å². The van der Waals surface area contributed by atoms with E-state index in [1.54, 1.807) is 31.3 Å². The van der Waals surface area contributed by atoms with Gasteiger partial charge in [-0.05, 0) is 49.1 Å². The van der Waals surface area contributed by atoms with Gasteiger partial charge in [-0.25, -0.2) is 9.59 Å². The average molecular weight is 763 g/mol. The molecule has 0 aliphatic heterocycles. The Morgan fingerprint density at radius 2 is 1.52 bits per heavy atom. The molecular formula is C36H49F3N8O7. The Balaban J connectivity index is 0.00000131. The predicted octanol–water partition coefficient (Wildman–Crippen LogP) is 2.41. The number of amides is 3. The van der Waals surface area contributed by atoms with Crippen LogP contribution in [0.5, 0.6) is 0 Å². The quantitative estimate of drug-likeness (QED) is 0.0408. The summed E-state index contributed by atoms with van der Waals surface area (Å²) in [6.45, 7) is 0.619. The van der Waals surface area contributed by atoms with Gasteiger partial charge in [0.2, 0.25) is 17.7 Å². The van der Waals surface area contributed by atoms with E-state index in [0.29, 0.717) is 43.5 Å². The van der Waals surface area contributed by atoms with Crippen molar-refractivity contribution in [2.45, 2.75) is 76.2 Å². The first-order valence-electron chi connectivity index (χ1n) is 17.2. The molecule has 10 N–H and O–H groups in total. The van der Waals surface area contributed by atoms with Crippen LogP contribution in [-0.4, -0.2) is 90.4 Å². The average Bonchev–Trinajstić information content (AvgIpc) is 3.13. The number of carboxylic acid groups (broad SMARTS) is 1. The van der Waals surface area contributed by atoms with Crippen LogP contribution in [0.1, 0.15) is 61.6 Å². The number of aliphatic carboxylic acids is 1. The summed E-state index contributed by atoms with van der Waals surface area (Å²) in [7, 11) is 2.88.